The molecule has 7 nitrogen and oxygen atoms in total. The highest BCUT2D eigenvalue weighted by Gasteiger charge is 2.29. The molecule has 5 rings (SSSR count). The topological polar surface area (TPSA) is 98.3 Å². The molecule has 9 heteroatoms. The molecule has 0 spiro atoms. The van der Waals surface area contributed by atoms with Gasteiger partial charge in [-0.2, -0.15) is 4.98 Å². The summed E-state index contributed by atoms with van der Waals surface area (Å²) in [5.74, 6) is 0.139. The highest BCUT2D eigenvalue weighted by atomic mass is 35.5. The standard InChI is InChI=1S/C23H19ClN4O3S/c24-18-12-11-16(32(30,31)27-13-5-7-15-6-1-4-10-20(15)27)14-21(18)28-22(25)17-8-2-3-9-19(17)26-23(28)29/h1-4,6,8-12,14H,5,7,13,25H2. The van der Waals surface area contributed by atoms with Crippen LogP contribution in [0.4, 0.5) is 11.5 Å². The summed E-state index contributed by atoms with van der Waals surface area (Å²) in [5, 5.41) is 0.760. The maximum Gasteiger partial charge on any atom is 0.354 e. The predicted octanol–water partition coefficient (Wildman–Crippen LogP) is 3.76. The molecule has 0 bridgehead atoms. The predicted molar refractivity (Wildman–Crippen MR) is 126 cm³/mol. The van der Waals surface area contributed by atoms with Crippen molar-refractivity contribution in [3.05, 3.63) is 87.8 Å². The number of nitrogens with zero attached hydrogens (tertiary/aromatic N) is 3. The van der Waals surface area contributed by atoms with Crippen LogP contribution in [-0.4, -0.2) is 24.5 Å². The monoisotopic (exact) mass is 466 g/mol. The Bertz CT molecular complexity index is 1530. The number of nitrogens with two attached hydrogens (primary N) is 1. The number of rotatable bonds is 3. The number of nitrogen functional groups attached to an aromatic ring is 1. The fourth-order valence-corrected chi connectivity index (χ4v) is 5.86. The molecule has 0 saturated heterocycles. The number of hydrogen-bond acceptors (Lipinski definition) is 5. The van der Waals surface area contributed by atoms with Crippen molar-refractivity contribution in [2.75, 3.05) is 16.6 Å². The molecule has 0 aliphatic carbocycles. The van der Waals surface area contributed by atoms with Crippen molar-refractivity contribution in [1.82, 2.24) is 9.55 Å². The highest BCUT2D eigenvalue weighted by molar-refractivity contribution is 7.92. The molecular formula is C23H19ClN4O3S. The highest BCUT2D eigenvalue weighted by Crippen LogP contribution is 2.34. The number of benzene rings is 3. The Kier molecular flexibility index (Phi) is 4.91. The summed E-state index contributed by atoms with van der Waals surface area (Å²) in [6, 6.07) is 18.7. The number of anilines is 2. The Morgan fingerprint density at radius 3 is 2.56 bits per heavy atom. The average molecular weight is 467 g/mol. The van der Waals surface area contributed by atoms with Crippen LogP contribution in [0.3, 0.4) is 0 Å². The van der Waals surface area contributed by atoms with Gasteiger partial charge < -0.3 is 5.73 Å². The molecular weight excluding hydrogens is 448 g/mol. The minimum absolute atomic E-state index is 0.0214. The van der Waals surface area contributed by atoms with E-state index in [0.717, 1.165) is 23.0 Å². The number of sulfonamides is 1. The van der Waals surface area contributed by atoms with E-state index in [2.05, 4.69) is 4.98 Å². The van der Waals surface area contributed by atoms with Gasteiger partial charge in [0.05, 0.1) is 26.8 Å². The Morgan fingerprint density at radius 1 is 0.969 bits per heavy atom. The first kappa shape index (κ1) is 20.5. The Labute approximate surface area is 189 Å². The third-order valence-electron chi connectivity index (χ3n) is 5.64. The van der Waals surface area contributed by atoms with Crippen molar-refractivity contribution in [2.45, 2.75) is 17.7 Å². The van der Waals surface area contributed by atoms with E-state index in [1.165, 1.54) is 22.5 Å². The summed E-state index contributed by atoms with van der Waals surface area (Å²) in [7, 11) is -3.89. The Balaban J connectivity index is 1.68. The molecule has 0 atom stereocenters. The molecule has 0 radical (unpaired) electrons. The van der Waals surface area contributed by atoms with E-state index < -0.39 is 15.7 Å². The molecule has 1 aliphatic heterocycles. The number of para-hydroxylation sites is 2. The van der Waals surface area contributed by atoms with Gasteiger partial charge in [0, 0.05) is 11.9 Å². The van der Waals surface area contributed by atoms with E-state index in [1.54, 1.807) is 30.3 Å². The fraction of sp³-hybridized carbons (Fsp3) is 0.130. The van der Waals surface area contributed by atoms with Crippen molar-refractivity contribution in [2.24, 2.45) is 0 Å². The number of aromatic nitrogens is 2. The SMILES string of the molecule is Nc1c2ccccc2nc(=O)n1-c1cc(S(=O)(=O)N2CCCc3ccccc32)ccc1Cl. The summed E-state index contributed by atoms with van der Waals surface area (Å²) in [5.41, 5.74) is 7.92. The minimum atomic E-state index is -3.89. The molecule has 0 amide bonds. The van der Waals surface area contributed by atoms with Gasteiger partial charge in [0.1, 0.15) is 5.82 Å². The molecule has 0 unspecified atom stereocenters. The van der Waals surface area contributed by atoms with Crippen LogP contribution in [0.1, 0.15) is 12.0 Å². The molecule has 3 aromatic carbocycles. The summed E-state index contributed by atoms with van der Waals surface area (Å²) >= 11 is 6.39. The molecule has 1 aromatic heterocycles. The van der Waals surface area contributed by atoms with E-state index in [4.69, 9.17) is 17.3 Å². The molecule has 162 valence electrons. The molecule has 2 heterocycles. The summed E-state index contributed by atoms with van der Waals surface area (Å²) in [6.45, 7) is 0.372. The second kappa shape index (κ2) is 7.65. The third kappa shape index (κ3) is 3.23. The lowest BCUT2D eigenvalue weighted by Crippen LogP contribution is -2.35. The largest absolute Gasteiger partial charge is 0.384 e. The molecule has 4 aromatic rings. The number of hydrogen-bond donors (Lipinski definition) is 1. The van der Waals surface area contributed by atoms with E-state index in [1.807, 2.05) is 18.2 Å². The summed E-state index contributed by atoms with van der Waals surface area (Å²) in [4.78, 5) is 16.9. The van der Waals surface area contributed by atoms with Crippen LogP contribution < -0.4 is 15.7 Å². The zero-order valence-corrected chi connectivity index (χ0v) is 18.5. The zero-order valence-electron chi connectivity index (χ0n) is 16.9. The van der Waals surface area contributed by atoms with Gasteiger partial charge in [0.25, 0.3) is 10.0 Å². The van der Waals surface area contributed by atoms with E-state index >= 15 is 0 Å². The first-order valence-corrected chi connectivity index (χ1v) is 11.9. The van der Waals surface area contributed by atoms with Crippen LogP contribution in [0.25, 0.3) is 16.6 Å². The maximum atomic E-state index is 13.6. The zero-order chi connectivity index (χ0) is 22.5. The van der Waals surface area contributed by atoms with Gasteiger partial charge in [0.2, 0.25) is 0 Å². The van der Waals surface area contributed by atoms with E-state index in [9.17, 15) is 13.2 Å². The molecule has 32 heavy (non-hydrogen) atoms. The van der Waals surface area contributed by atoms with Crippen LogP contribution in [-0.2, 0) is 16.4 Å². The van der Waals surface area contributed by atoms with Gasteiger partial charge in [-0.3, -0.25) is 4.31 Å². The van der Waals surface area contributed by atoms with Crippen LogP contribution >= 0.6 is 11.6 Å². The Morgan fingerprint density at radius 2 is 1.72 bits per heavy atom. The van der Waals surface area contributed by atoms with Gasteiger partial charge in [-0.25, -0.2) is 17.8 Å². The third-order valence-corrected chi connectivity index (χ3v) is 7.77. The van der Waals surface area contributed by atoms with Gasteiger partial charge in [-0.05, 0) is 54.8 Å². The number of halogens is 1. The van der Waals surface area contributed by atoms with E-state index in [0.29, 0.717) is 23.1 Å². The molecule has 0 saturated carbocycles. The number of aryl methyl sites for hydroxylation is 1. The summed E-state index contributed by atoms with van der Waals surface area (Å²) < 4.78 is 29.7. The summed E-state index contributed by atoms with van der Waals surface area (Å²) in [6.07, 6.45) is 1.54. The van der Waals surface area contributed by atoms with Crippen molar-refractivity contribution >= 4 is 44.0 Å². The van der Waals surface area contributed by atoms with Gasteiger partial charge >= 0.3 is 5.69 Å². The molecule has 1 aliphatic rings. The number of fused-ring (bicyclic) bond motifs is 2. The smallest absolute Gasteiger partial charge is 0.354 e. The van der Waals surface area contributed by atoms with Gasteiger partial charge in [-0.1, -0.05) is 41.9 Å². The van der Waals surface area contributed by atoms with Crippen molar-refractivity contribution in [3.8, 4) is 5.69 Å². The quantitative estimate of drug-likeness (QED) is 0.495. The average Bonchev–Trinajstić information content (AvgIpc) is 2.79. The van der Waals surface area contributed by atoms with E-state index in [-0.39, 0.29) is 21.4 Å². The lowest BCUT2D eigenvalue weighted by Gasteiger charge is -2.30. The fourth-order valence-electron chi connectivity index (χ4n) is 4.10. The van der Waals surface area contributed by atoms with Crippen LogP contribution in [0.15, 0.2) is 76.4 Å². The van der Waals surface area contributed by atoms with Crippen molar-refractivity contribution in [1.29, 1.82) is 0 Å². The minimum Gasteiger partial charge on any atom is -0.384 e. The van der Waals surface area contributed by atoms with Gasteiger partial charge in [0.15, 0.2) is 0 Å². The van der Waals surface area contributed by atoms with Crippen LogP contribution in [0.5, 0.6) is 0 Å². The lowest BCUT2D eigenvalue weighted by molar-refractivity contribution is 0.586. The first-order chi connectivity index (χ1) is 15.4. The second-order valence-electron chi connectivity index (χ2n) is 7.55. The maximum absolute atomic E-state index is 13.6. The molecule has 2 N–H and O–H groups in total. The van der Waals surface area contributed by atoms with Crippen LogP contribution in [0, 0.1) is 0 Å². The second-order valence-corrected chi connectivity index (χ2v) is 9.82. The lowest BCUT2D eigenvalue weighted by atomic mass is 10.0. The van der Waals surface area contributed by atoms with Crippen molar-refractivity contribution in [3.63, 3.8) is 0 Å². The normalized spacial score (nSPS) is 13.8. The van der Waals surface area contributed by atoms with Crippen LogP contribution in [0.2, 0.25) is 5.02 Å². The Hall–Kier alpha value is -3.36. The first-order valence-electron chi connectivity index (χ1n) is 10.1. The van der Waals surface area contributed by atoms with Gasteiger partial charge in [-0.15, -0.1) is 0 Å². The molecule has 0 fully saturated rings. The van der Waals surface area contributed by atoms with Crippen molar-refractivity contribution < 1.29 is 8.42 Å².